The van der Waals surface area contributed by atoms with E-state index in [0.717, 1.165) is 25.7 Å². The SMILES string of the molecule is CC(=O)CC1CCC(NC(=O)c2cnc(Nc3ccc(C#N)cn3)cc2NC(C)C)CC1. The molecule has 168 valence electrons. The zero-order valence-electron chi connectivity index (χ0n) is 18.8. The Labute approximate surface area is 188 Å². The van der Waals surface area contributed by atoms with Crippen molar-refractivity contribution in [2.75, 3.05) is 10.6 Å². The molecule has 0 radical (unpaired) electrons. The van der Waals surface area contributed by atoms with Gasteiger partial charge in [0.25, 0.3) is 5.91 Å². The topological polar surface area (TPSA) is 120 Å². The molecule has 0 saturated heterocycles. The minimum atomic E-state index is -0.154. The molecule has 1 saturated carbocycles. The zero-order chi connectivity index (χ0) is 23.1. The predicted octanol–water partition coefficient (Wildman–Crippen LogP) is 4.18. The van der Waals surface area contributed by atoms with Crippen molar-refractivity contribution >= 4 is 29.0 Å². The van der Waals surface area contributed by atoms with E-state index in [1.165, 1.54) is 6.20 Å². The molecular formula is C24H30N6O2. The Kier molecular flexibility index (Phi) is 7.77. The van der Waals surface area contributed by atoms with E-state index in [9.17, 15) is 9.59 Å². The molecule has 32 heavy (non-hydrogen) atoms. The monoisotopic (exact) mass is 434 g/mol. The molecule has 8 nitrogen and oxygen atoms in total. The maximum absolute atomic E-state index is 13.0. The lowest BCUT2D eigenvalue weighted by Crippen LogP contribution is -2.38. The van der Waals surface area contributed by atoms with Crippen LogP contribution in [0.15, 0.2) is 30.6 Å². The number of hydrogen-bond donors (Lipinski definition) is 3. The summed E-state index contributed by atoms with van der Waals surface area (Å²) in [6.07, 6.45) is 7.37. The lowest BCUT2D eigenvalue weighted by molar-refractivity contribution is -0.118. The van der Waals surface area contributed by atoms with Crippen molar-refractivity contribution in [3.8, 4) is 6.07 Å². The van der Waals surface area contributed by atoms with Gasteiger partial charge in [-0.05, 0) is 64.5 Å². The van der Waals surface area contributed by atoms with Crippen LogP contribution in [0, 0.1) is 17.2 Å². The number of pyridine rings is 2. The fourth-order valence-corrected chi connectivity index (χ4v) is 3.98. The number of anilines is 3. The minimum Gasteiger partial charge on any atom is -0.382 e. The molecule has 8 heteroatoms. The van der Waals surface area contributed by atoms with Crippen LogP contribution in [0.1, 0.15) is 68.8 Å². The summed E-state index contributed by atoms with van der Waals surface area (Å²) in [6.45, 7) is 5.65. The highest BCUT2D eigenvalue weighted by atomic mass is 16.1. The number of Topliss-reactive ketones (excluding diaryl/α,β-unsaturated/α-hetero) is 1. The second-order valence-electron chi connectivity index (χ2n) is 8.68. The fourth-order valence-electron chi connectivity index (χ4n) is 3.98. The molecule has 0 aliphatic heterocycles. The highest BCUT2D eigenvalue weighted by Crippen LogP contribution is 2.28. The molecule has 1 aliphatic rings. The zero-order valence-corrected chi connectivity index (χ0v) is 18.8. The first-order chi connectivity index (χ1) is 15.3. The Morgan fingerprint density at radius 1 is 1.12 bits per heavy atom. The van der Waals surface area contributed by atoms with Crippen LogP contribution in [-0.4, -0.2) is 33.7 Å². The van der Waals surface area contributed by atoms with Crippen LogP contribution in [0.2, 0.25) is 0 Å². The Morgan fingerprint density at radius 3 is 2.44 bits per heavy atom. The third kappa shape index (κ3) is 6.51. The van der Waals surface area contributed by atoms with Gasteiger partial charge < -0.3 is 20.7 Å². The van der Waals surface area contributed by atoms with E-state index in [0.29, 0.717) is 40.8 Å². The van der Waals surface area contributed by atoms with Gasteiger partial charge in [-0.15, -0.1) is 0 Å². The van der Waals surface area contributed by atoms with Crippen molar-refractivity contribution in [2.24, 2.45) is 5.92 Å². The van der Waals surface area contributed by atoms with Gasteiger partial charge in [-0.2, -0.15) is 5.26 Å². The van der Waals surface area contributed by atoms with Crippen LogP contribution < -0.4 is 16.0 Å². The van der Waals surface area contributed by atoms with Gasteiger partial charge in [0.05, 0.1) is 16.8 Å². The van der Waals surface area contributed by atoms with E-state index in [-0.39, 0.29) is 23.8 Å². The van der Waals surface area contributed by atoms with Gasteiger partial charge >= 0.3 is 0 Å². The van der Waals surface area contributed by atoms with Crippen molar-refractivity contribution in [1.82, 2.24) is 15.3 Å². The second-order valence-corrected chi connectivity index (χ2v) is 8.68. The number of hydrogen-bond acceptors (Lipinski definition) is 7. The van der Waals surface area contributed by atoms with Crippen LogP contribution in [0.5, 0.6) is 0 Å². The van der Waals surface area contributed by atoms with Crippen LogP contribution in [-0.2, 0) is 4.79 Å². The van der Waals surface area contributed by atoms with Gasteiger partial charge in [0.1, 0.15) is 23.5 Å². The predicted molar refractivity (Wildman–Crippen MR) is 124 cm³/mol. The first kappa shape index (κ1) is 23.2. The summed E-state index contributed by atoms with van der Waals surface area (Å²) in [5.41, 5.74) is 1.66. The molecule has 0 spiro atoms. The highest BCUT2D eigenvalue weighted by Gasteiger charge is 2.24. The maximum atomic E-state index is 13.0. The van der Waals surface area contributed by atoms with Crippen LogP contribution in [0.3, 0.4) is 0 Å². The summed E-state index contributed by atoms with van der Waals surface area (Å²) in [7, 11) is 0. The van der Waals surface area contributed by atoms with Crippen molar-refractivity contribution in [3.63, 3.8) is 0 Å². The molecule has 0 bridgehead atoms. The Morgan fingerprint density at radius 2 is 1.84 bits per heavy atom. The van der Waals surface area contributed by atoms with Gasteiger partial charge in [0.15, 0.2) is 0 Å². The molecule has 3 rings (SSSR count). The second kappa shape index (κ2) is 10.7. The van der Waals surface area contributed by atoms with Gasteiger partial charge in [0, 0.05) is 37.0 Å². The van der Waals surface area contributed by atoms with Gasteiger partial charge in [0.2, 0.25) is 0 Å². The molecule has 2 heterocycles. The number of amides is 1. The number of carbonyl (C=O) groups excluding carboxylic acids is 2. The van der Waals surface area contributed by atoms with E-state index in [1.54, 1.807) is 31.3 Å². The lowest BCUT2D eigenvalue weighted by atomic mass is 9.83. The smallest absolute Gasteiger partial charge is 0.255 e. The first-order valence-corrected chi connectivity index (χ1v) is 11.0. The van der Waals surface area contributed by atoms with Gasteiger partial charge in [-0.1, -0.05) is 0 Å². The molecule has 0 atom stereocenters. The molecule has 3 N–H and O–H groups in total. The number of nitrogens with zero attached hydrogens (tertiary/aromatic N) is 3. The van der Waals surface area contributed by atoms with Crippen molar-refractivity contribution in [1.29, 1.82) is 5.26 Å². The van der Waals surface area contributed by atoms with E-state index in [1.807, 2.05) is 19.9 Å². The van der Waals surface area contributed by atoms with E-state index in [2.05, 4.69) is 25.9 Å². The van der Waals surface area contributed by atoms with Crippen molar-refractivity contribution in [3.05, 3.63) is 41.7 Å². The summed E-state index contributed by atoms with van der Waals surface area (Å²) in [5.74, 6) is 1.62. The first-order valence-electron chi connectivity index (χ1n) is 11.0. The number of rotatable bonds is 8. The molecule has 0 aromatic carbocycles. The average molecular weight is 435 g/mol. The molecule has 1 aliphatic carbocycles. The summed E-state index contributed by atoms with van der Waals surface area (Å²) in [4.78, 5) is 32.9. The Bertz CT molecular complexity index is 989. The Balaban J connectivity index is 1.69. The number of aromatic nitrogens is 2. The summed E-state index contributed by atoms with van der Waals surface area (Å²) in [6, 6.07) is 7.45. The molecule has 1 amide bonds. The van der Waals surface area contributed by atoms with Crippen LogP contribution in [0.25, 0.3) is 0 Å². The standard InChI is InChI=1S/C24H30N6O2/c1-15(2)28-21-11-23(30-22-9-6-18(12-25)13-26-22)27-14-20(21)24(32)29-19-7-4-17(5-8-19)10-16(3)31/h6,9,11,13-15,17,19H,4-5,7-8,10H2,1-3H3,(H,29,32)(H2,26,27,28,30). The summed E-state index contributed by atoms with van der Waals surface area (Å²) < 4.78 is 0. The average Bonchev–Trinajstić information content (AvgIpc) is 2.75. The largest absolute Gasteiger partial charge is 0.382 e. The van der Waals surface area contributed by atoms with E-state index in [4.69, 9.17) is 5.26 Å². The van der Waals surface area contributed by atoms with Crippen molar-refractivity contribution in [2.45, 2.75) is 65.0 Å². The normalized spacial score (nSPS) is 18.0. The number of nitriles is 1. The van der Waals surface area contributed by atoms with E-state index < -0.39 is 0 Å². The molecule has 2 aromatic rings. The number of nitrogens with one attached hydrogen (secondary N) is 3. The molecule has 0 unspecified atom stereocenters. The lowest BCUT2D eigenvalue weighted by Gasteiger charge is -2.29. The number of ketones is 1. The molecular weight excluding hydrogens is 404 g/mol. The van der Waals surface area contributed by atoms with Gasteiger partial charge in [-0.25, -0.2) is 9.97 Å². The third-order valence-corrected chi connectivity index (χ3v) is 5.50. The van der Waals surface area contributed by atoms with Gasteiger partial charge in [-0.3, -0.25) is 4.79 Å². The van der Waals surface area contributed by atoms with Crippen LogP contribution in [0.4, 0.5) is 17.3 Å². The molecule has 1 fully saturated rings. The molecule has 2 aromatic heterocycles. The quantitative estimate of drug-likeness (QED) is 0.570. The van der Waals surface area contributed by atoms with Crippen molar-refractivity contribution < 1.29 is 9.59 Å². The highest BCUT2D eigenvalue weighted by molar-refractivity contribution is 6.00. The maximum Gasteiger partial charge on any atom is 0.255 e. The summed E-state index contributed by atoms with van der Waals surface area (Å²) in [5, 5.41) is 18.5. The Hall–Kier alpha value is -3.47. The number of carbonyl (C=O) groups is 2. The summed E-state index contributed by atoms with van der Waals surface area (Å²) >= 11 is 0. The van der Waals surface area contributed by atoms with E-state index >= 15 is 0 Å². The minimum absolute atomic E-state index is 0.109. The van der Waals surface area contributed by atoms with Crippen LogP contribution >= 0.6 is 0 Å². The third-order valence-electron chi connectivity index (χ3n) is 5.50. The fraction of sp³-hybridized carbons (Fsp3) is 0.458.